The number of nitrogens with one attached hydrogen (secondary N) is 2. The zero-order chi connectivity index (χ0) is 31.4. The van der Waals surface area contributed by atoms with Gasteiger partial charge in [0, 0.05) is 13.1 Å². The highest BCUT2D eigenvalue weighted by Crippen LogP contribution is 2.29. The van der Waals surface area contributed by atoms with E-state index in [1.807, 2.05) is 60.7 Å². The summed E-state index contributed by atoms with van der Waals surface area (Å²) in [5.74, 6) is -1.08. The molecule has 2 amide bonds. The predicted octanol–water partition coefficient (Wildman–Crippen LogP) is 0.632. The second-order valence-electron chi connectivity index (χ2n) is 11.3. The summed E-state index contributed by atoms with van der Waals surface area (Å²) in [4.78, 5) is 52.6. The first-order valence-corrected chi connectivity index (χ1v) is 14.9. The Labute approximate surface area is 256 Å². The molecule has 0 unspecified atom stereocenters. The molecule has 0 bridgehead atoms. The van der Waals surface area contributed by atoms with Crippen molar-refractivity contribution in [2.45, 2.75) is 75.5 Å². The van der Waals surface area contributed by atoms with Crippen molar-refractivity contribution in [3.8, 4) is 0 Å². The number of rotatable bonds is 6. The Hall–Kier alpha value is -3.84. The highest BCUT2D eigenvalue weighted by molar-refractivity contribution is 5.90. The maximum atomic E-state index is 12.8. The minimum absolute atomic E-state index is 0.111. The van der Waals surface area contributed by atoms with Crippen LogP contribution in [0.2, 0.25) is 0 Å². The summed E-state index contributed by atoms with van der Waals surface area (Å²) in [5, 5.41) is 6.44. The number of ether oxygens (including phenoxy) is 4. The van der Waals surface area contributed by atoms with Crippen LogP contribution in [0.4, 0.5) is 0 Å². The first kappa shape index (κ1) is 31.6. The molecule has 12 heteroatoms. The molecule has 0 aromatic heterocycles. The van der Waals surface area contributed by atoms with E-state index in [9.17, 15) is 19.2 Å². The minimum Gasteiger partial charge on any atom is -0.467 e. The van der Waals surface area contributed by atoms with E-state index in [-0.39, 0.29) is 36.1 Å². The van der Waals surface area contributed by atoms with Crippen molar-refractivity contribution in [1.29, 1.82) is 0 Å². The van der Waals surface area contributed by atoms with Crippen LogP contribution < -0.4 is 10.6 Å². The molecule has 12 nitrogen and oxygen atoms in total. The third-order valence-electron chi connectivity index (χ3n) is 8.49. The summed E-state index contributed by atoms with van der Waals surface area (Å²) in [6, 6.07) is 17.6. The molecule has 4 saturated heterocycles. The van der Waals surface area contributed by atoms with E-state index >= 15 is 0 Å². The van der Waals surface area contributed by atoms with Gasteiger partial charge < -0.3 is 29.6 Å². The number of nitrogens with zero attached hydrogens (tertiary/aromatic N) is 2. The van der Waals surface area contributed by atoms with Crippen molar-refractivity contribution in [2.75, 3.05) is 27.3 Å². The fourth-order valence-electron chi connectivity index (χ4n) is 6.33. The quantitative estimate of drug-likeness (QED) is 0.450. The fraction of sp³-hybridized carbons (Fsp3) is 0.500. The first-order valence-electron chi connectivity index (χ1n) is 14.9. The molecule has 0 radical (unpaired) electrons. The van der Waals surface area contributed by atoms with Crippen LogP contribution in [0.1, 0.15) is 25.0 Å². The van der Waals surface area contributed by atoms with Gasteiger partial charge in [0.15, 0.2) is 12.1 Å². The summed E-state index contributed by atoms with van der Waals surface area (Å²) in [5.41, 5.74) is 2.16. The lowest BCUT2D eigenvalue weighted by Gasteiger charge is -2.36. The monoisotopic (exact) mass is 608 g/mol. The van der Waals surface area contributed by atoms with Gasteiger partial charge in [-0.1, -0.05) is 60.7 Å². The van der Waals surface area contributed by atoms with E-state index in [0.29, 0.717) is 25.9 Å². The third-order valence-corrected chi connectivity index (χ3v) is 8.49. The maximum absolute atomic E-state index is 12.8. The molecule has 8 atom stereocenters. The number of hydrogen-bond acceptors (Lipinski definition) is 10. The van der Waals surface area contributed by atoms with Crippen molar-refractivity contribution < 1.29 is 38.1 Å². The average Bonchev–Trinajstić information content (AvgIpc) is 3.57. The second kappa shape index (κ2) is 13.9. The minimum atomic E-state index is -0.664. The van der Waals surface area contributed by atoms with Gasteiger partial charge in [0.2, 0.25) is 11.8 Å². The van der Waals surface area contributed by atoms with Gasteiger partial charge in [0.05, 0.1) is 38.5 Å². The Bertz CT molecular complexity index is 1230. The number of piperazine rings is 2. The SMILES string of the molecule is COC(=O)[C@@H]1[C@@H](C)O[C@H]2CN[C@@H](Cc3ccccc3)C(=O)N21.COC(=O)[C@@H]1[C@@H](C)O[C@H]2CN[C@@H](Cc3ccccc3)C(=O)N21. The smallest absolute Gasteiger partial charge is 0.331 e. The molecule has 0 aliphatic carbocycles. The number of methoxy groups -OCH3 is 2. The summed E-state index contributed by atoms with van der Waals surface area (Å²) < 4.78 is 21.1. The normalized spacial score (nSPS) is 31.0. The molecule has 0 spiro atoms. The third kappa shape index (κ3) is 6.48. The highest BCUT2D eigenvalue weighted by atomic mass is 16.6. The highest BCUT2D eigenvalue weighted by Gasteiger charge is 2.52. The predicted molar refractivity (Wildman–Crippen MR) is 158 cm³/mol. The van der Waals surface area contributed by atoms with Gasteiger partial charge >= 0.3 is 11.9 Å². The number of fused-ring (bicyclic) bond motifs is 2. The van der Waals surface area contributed by atoms with Crippen LogP contribution in [0.3, 0.4) is 0 Å². The van der Waals surface area contributed by atoms with Crippen LogP contribution in [-0.4, -0.2) is 110 Å². The van der Waals surface area contributed by atoms with E-state index in [1.54, 1.807) is 23.6 Å². The number of esters is 2. The Morgan fingerprint density at radius 3 is 1.41 bits per heavy atom. The molecule has 4 aliphatic rings. The van der Waals surface area contributed by atoms with Crippen LogP contribution in [0.5, 0.6) is 0 Å². The summed E-state index contributed by atoms with van der Waals surface area (Å²) in [6.45, 7) is 4.61. The summed E-state index contributed by atoms with van der Waals surface area (Å²) in [7, 11) is 2.66. The summed E-state index contributed by atoms with van der Waals surface area (Å²) >= 11 is 0. The van der Waals surface area contributed by atoms with Crippen LogP contribution in [0, 0.1) is 0 Å². The van der Waals surface area contributed by atoms with Crippen molar-refractivity contribution in [1.82, 2.24) is 20.4 Å². The average molecular weight is 609 g/mol. The molecule has 0 saturated carbocycles. The van der Waals surface area contributed by atoms with Crippen molar-refractivity contribution >= 4 is 23.8 Å². The summed E-state index contributed by atoms with van der Waals surface area (Å²) in [6.07, 6.45) is -0.356. The molecule has 2 aromatic rings. The molecule has 4 fully saturated rings. The molecular formula is C32H40N4O8. The van der Waals surface area contributed by atoms with E-state index in [1.165, 1.54) is 14.2 Å². The lowest BCUT2D eigenvalue weighted by molar-refractivity contribution is -0.155. The molecule has 44 heavy (non-hydrogen) atoms. The number of carbonyl (C=O) groups is 4. The molecule has 2 N–H and O–H groups in total. The zero-order valence-corrected chi connectivity index (χ0v) is 25.4. The fourth-order valence-corrected chi connectivity index (χ4v) is 6.33. The van der Waals surface area contributed by atoms with Crippen LogP contribution >= 0.6 is 0 Å². The van der Waals surface area contributed by atoms with Crippen LogP contribution in [0.25, 0.3) is 0 Å². The van der Waals surface area contributed by atoms with Gasteiger partial charge in [-0.25, -0.2) is 9.59 Å². The van der Waals surface area contributed by atoms with Crippen molar-refractivity contribution in [2.24, 2.45) is 0 Å². The number of hydrogen-bond donors (Lipinski definition) is 2. The number of amides is 2. The van der Waals surface area contributed by atoms with Crippen LogP contribution in [0.15, 0.2) is 60.7 Å². The van der Waals surface area contributed by atoms with Gasteiger partial charge in [-0.2, -0.15) is 0 Å². The van der Waals surface area contributed by atoms with Crippen molar-refractivity contribution in [3.63, 3.8) is 0 Å². The van der Waals surface area contributed by atoms with Gasteiger partial charge in [0.1, 0.15) is 12.5 Å². The van der Waals surface area contributed by atoms with E-state index in [0.717, 1.165) is 11.1 Å². The van der Waals surface area contributed by atoms with Crippen molar-refractivity contribution in [3.05, 3.63) is 71.8 Å². The lowest BCUT2D eigenvalue weighted by Crippen LogP contribution is -2.62. The molecule has 2 aromatic carbocycles. The Balaban J connectivity index is 0.000000175. The second-order valence-corrected chi connectivity index (χ2v) is 11.3. The Morgan fingerprint density at radius 2 is 1.07 bits per heavy atom. The maximum Gasteiger partial charge on any atom is 0.331 e. The number of benzene rings is 2. The zero-order valence-electron chi connectivity index (χ0n) is 25.4. The first-order chi connectivity index (χ1) is 21.2. The van der Waals surface area contributed by atoms with Crippen LogP contribution in [-0.2, 0) is 51.0 Å². The lowest BCUT2D eigenvalue weighted by atomic mass is 10.0. The Morgan fingerprint density at radius 1 is 0.705 bits per heavy atom. The van der Waals surface area contributed by atoms with Gasteiger partial charge in [-0.05, 0) is 37.8 Å². The molecule has 236 valence electrons. The topological polar surface area (TPSA) is 136 Å². The molecular weight excluding hydrogens is 568 g/mol. The van der Waals surface area contributed by atoms with E-state index in [2.05, 4.69) is 10.6 Å². The molecule has 4 heterocycles. The molecule has 4 aliphatic heterocycles. The largest absolute Gasteiger partial charge is 0.467 e. The Kier molecular flexibility index (Phi) is 9.94. The van der Waals surface area contributed by atoms with Gasteiger partial charge in [-0.3, -0.25) is 19.4 Å². The van der Waals surface area contributed by atoms with E-state index < -0.39 is 36.5 Å². The standard InChI is InChI=1S/2C16H20N2O4/c2*1-10-14(16(20)21-2)18-13(22-10)9-17-12(15(18)19)8-11-6-4-3-5-7-11/h2*3-7,10,12-14,17H,8-9H2,1-2H3/t2*10-,12+,13+,14+/m11/s1. The van der Waals surface area contributed by atoms with E-state index in [4.69, 9.17) is 18.9 Å². The number of carbonyl (C=O) groups excluding carboxylic acids is 4. The molecule has 6 rings (SSSR count). The van der Waals surface area contributed by atoms with Gasteiger partial charge in [0.25, 0.3) is 0 Å². The van der Waals surface area contributed by atoms with Gasteiger partial charge in [-0.15, -0.1) is 0 Å².